The maximum Gasteiger partial charge on any atom is 0.362 e. The molecule has 0 bridgehead atoms. The zero-order valence-corrected chi connectivity index (χ0v) is 26.9. The number of nitrogens with zero attached hydrogens (tertiary/aromatic N) is 1. The van der Waals surface area contributed by atoms with Gasteiger partial charge in [-0.05, 0) is 51.4 Å². The van der Waals surface area contributed by atoms with Crippen LogP contribution in [0.4, 0.5) is 0 Å². The van der Waals surface area contributed by atoms with Crippen molar-refractivity contribution < 1.29 is 38.2 Å². The Bertz CT molecular complexity index is 839. The Labute approximate surface area is 255 Å². The van der Waals surface area contributed by atoms with Crippen LogP contribution in [0, 0.1) is 0 Å². The van der Waals surface area contributed by atoms with Crippen molar-refractivity contribution in [2.24, 2.45) is 0 Å². The molecule has 0 rings (SSSR count). The maximum absolute atomic E-state index is 12.5. The van der Waals surface area contributed by atoms with E-state index in [0.29, 0.717) is 19.3 Å². The number of esters is 2. The van der Waals surface area contributed by atoms with Crippen LogP contribution in [0.15, 0.2) is 48.6 Å². The minimum Gasteiger partial charge on any atom is -0.477 e. The van der Waals surface area contributed by atoms with Gasteiger partial charge in [-0.15, -0.1) is 0 Å². The average molecular weight is 593 g/mol. The van der Waals surface area contributed by atoms with Gasteiger partial charge in [0.1, 0.15) is 6.61 Å². The Morgan fingerprint density at radius 1 is 0.738 bits per heavy atom. The summed E-state index contributed by atoms with van der Waals surface area (Å²) in [4.78, 5) is 36.1. The molecule has 0 spiro atoms. The zero-order valence-electron chi connectivity index (χ0n) is 26.9. The first-order valence-electron chi connectivity index (χ1n) is 15.7. The molecule has 2 atom stereocenters. The second-order valence-electron chi connectivity index (χ2n) is 11.3. The molecule has 0 aromatic heterocycles. The normalized spacial score (nSPS) is 13.8. The smallest absolute Gasteiger partial charge is 0.362 e. The molecule has 0 aromatic carbocycles. The Morgan fingerprint density at radius 2 is 1.31 bits per heavy atom. The molecule has 0 radical (unpaired) electrons. The lowest BCUT2D eigenvalue weighted by atomic mass is 10.1. The van der Waals surface area contributed by atoms with Crippen molar-refractivity contribution in [1.29, 1.82) is 0 Å². The molecule has 0 heterocycles. The second-order valence-corrected chi connectivity index (χ2v) is 11.3. The number of carbonyl (C=O) groups is 3. The van der Waals surface area contributed by atoms with E-state index >= 15 is 0 Å². The molecular formula is C34H58NO7+. The predicted octanol–water partition coefficient (Wildman–Crippen LogP) is 6.95. The summed E-state index contributed by atoms with van der Waals surface area (Å²) >= 11 is 0. The van der Waals surface area contributed by atoms with Gasteiger partial charge in [0.25, 0.3) is 0 Å². The summed E-state index contributed by atoms with van der Waals surface area (Å²) in [6.07, 6.45) is 26.6. The number of ether oxygens (including phenoxy) is 3. The molecule has 8 heteroatoms. The average Bonchev–Trinajstić information content (AvgIpc) is 2.92. The van der Waals surface area contributed by atoms with Crippen molar-refractivity contribution in [3.05, 3.63) is 48.6 Å². The lowest BCUT2D eigenvalue weighted by molar-refractivity contribution is -0.887. The number of hydrogen-bond acceptors (Lipinski definition) is 6. The fraction of sp³-hybridized carbons (Fsp3) is 0.676. The number of carboxylic acids is 1. The van der Waals surface area contributed by atoms with Gasteiger partial charge in [0.05, 0.1) is 34.4 Å². The van der Waals surface area contributed by atoms with Gasteiger partial charge in [-0.1, -0.05) is 75.3 Å². The number of hydrogen-bond donors (Lipinski definition) is 1. The van der Waals surface area contributed by atoms with Crippen molar-refractivity contribution in [2.45, 2.75) is 109 Å². The van der Waals surface area contributed by atoms with Gasteiger partial charge in [0.15, 0.2) is 12.1 Å². The number of likely N-dealkylation sites (N-methyl/N-ethyl adjacent to an activating group) is 1. The molecule has 0 aliphatic carbocycles. The zero-order chi connectivity index (χ0) is 31.5. The quantitative estimate of drug-likeness (QED) is 0.0502. The number of allylic oxidation sites excluding steroid dienone is 8. The van der Waals surface area contributed by atoms with E-state index in [1.807, 2.05) is 21.1 Å². The first-order valence-corrected chi connectivity index (χ1v) is 15.7. The van der Waals surface area contributed by atoms with E-state index in [9.17, 15) is 19.5 Å². The van der Waals surface area contributed by atoms with Crippen molar-refractivity contribution in [3.8, 4) is 0 Å². The fourth-order valence-corrected chi connectivity index (χ4v) is 4.02. The number of unbranched alkanes of at least 4 members (excludes halogenated alkanes) is 4. The highest BCUT2D eigenvalue weighted by atomic mass is 16.6. The van der Waals surface area contributed by atoms with E-state index in [2.05, 4.69) is 62.5 Å². The summed E-state index contributed by atoms with van der Waals surface area (Å²) in [7, 11) is 5.47. The molecule has 42 heavy (non-hydrogen) atoms. The SMILES string of the molecule is CC/C=C\C/C=C\C/C=C\C/C=C\CCCCC(=O)OC(COCCC(C(=O)O)[N+](C)(C)C)COC(=O)CCCCC. The van der Waals surface area contributed by atoms with Crippen LogP contribution < -0.4 is 0 Å². The minimum absolute atomic E-state index is 0.0411. The maximum atomic E-state index is 12.5. The van der Waals surface area contributed by atoms with Crippen LogP contribution in [0.1, 0.15) is 97.3 Å². The first kappa shape index (κ1) is 39.3. The Kier molecular flexibility index (Phi) is 24.3. The highest BCUT2D eigenvalue weighted by Crippen LogP contribution is 2.10. The first-order chi connectivity index (χ1) is 20.1. The summed E-state index contributed by atoms with van der Waals surface area (Å²) < 4.78 is 16.9. The van der Waals surface area contributed by atoms with Crippen LogP contribution in [-0.2, 0) is 28.6 Å². The number of carboxylic acid groups (broad SMARTS) is 1. The largest absolute Gasteiger partial charge is 0.477 e. The number of carbonyl (C=O) groups excluding carboxylic acids is 2. The van der Waals surface area contributed by atoms with E-state index < -0.39 is 18.1 Å². The van der Waals surface area contributed by atoms with Gasteiger partial charge < -0.3 is 23.8 Å². The molecule has 0 amide bonds. The molecule has 0 saturated heterocycles. The summed E-state index contributed by atoms with van der Waals surface area (Å²) in [5.74, 6) is -1.57. The van der Waals surface area contributed by atoms with Gasteiger partial charge in [-0.3, -0.25) is 9.59 Å². The summed E-state index contributed by atoms with van der Waals surface area (Å²) in [5.41, 5.74) is 0. The molecule has 2 unspecified atom stereocenters. The van der Waals surface area contributed by atoms with Gasteiger partial charge in [-0.2, -0.15) is 0 Å². The molecular weight excluding hydrogens is 534 g/mol. The van der Waals surface area contributed by atoms with Gasteiger partial charge in [0.2, 0.25) is 0 Å². The fourth-order valence-electron chi connectivity index (χ4n) is 4.02. The number of aliphatic carboxylic acids is 1. The second kappa shape index (κ2) is 26.0. The van der Waals surface area contributed by atoms with Crippen LogP contribution in [0.3, 0.4) is 0 Å². The molecule has 1 N–H and O–H groups in total. The van der Waals surface area contributed by atoms with Crippen molar-refractivity contribution in [3.63, 3.8) is 0 Å². The topological polar surface area (TPSA) is 99.1 Å². The lowest BCUT2D eigenvalue weighted by Gasteiger charge is -2.31. The van der Waals surface area contributed by atoms with Crippen LogP contribution in [0.5, 0.6) is 0 Å². The van der Waals surface area contributed by atoms with Gasteiger partial charge in [0, 0.05) is 19.3 Å². The third-order valence-electron chi connectivity index (χ3n) is 6.49. The molecule has 0 aromatic rings. The van der Waals surface area contributed by atoms with E-state index in [1.54, 1.807) is 0 Å². The lowest BCUT2D eigenvalue weighted by Crippen LogP contribution is -2.50. The summed E-state index contributed by atoms with van der Waals surface area (Å²) in [6, 6.07) is -0.618. The predicted molar refractivity (Wildman–Crippen MR) is 169 cm³/mol. The van der Waals surface area contributed by atoms with E-state index in [-0.39, 0.29) is 42.7 Å². The number of rotatable bonds is 26. The summed E-state index contributed by atoms with van der Waals surface area (Å²) in [5, 5.41) is 9.49. The Balaban J connectivity index is 4.45. The number of quaternary nitrogens is 1. The molecule has 0 saturated carbocycles. The van der Waals surface area contributed by atoms with E-state index in [0.717, 1.165) is 57.8 Å². The van der Waals surface area contributed by atoms with Crippen molar-refractivity contribution in [1.82, 2.24) is 0 Å². The standard InChI is InChI=1S/C34H57NO7/c1-6-8-10-11-12-13-14-15-16-17-18-19-20-21-23-25-33(37)42-30(29-41-32(36)24-22-9-7-2)28-40-27-26-31(34(38)39)35(3,4)5/h8,10,12-13,15-16,18-19,30-31H,6-7,9,11,14,17,20-29H2,1-5H3/p+1/b10-8-,13-12-,16-15-,19-18-. The van der Waals surface area contributed by atoms with Gasteiger partial charge in [-0.25, -0.2) is 4.79 Å². The van der Waals surface area contributed by atoms with E-state index in [4.69, 9.17) is 14.2 Å². The van der Waals surface area contributed by atoms with Crippen LogP contribution in [-0.4, -0.2) is 80.6 Å². The Morgan fingerprint density at radius 3 is 1.88 bits per heavy atom. The molecule has 8 nitrogen and oxygen atoms in total. The molecule has 0 fully saturated rings. The highest BCUT2D eigenvalue weighted by molar-refractivity contribution is 5.72. The van der Waals surface area contributed by atoms with E-state index in [1.165, 1.54) is 0 Å². The third kappa shape index (κ3) is 23.9. The van der Waals surface area contributed by atoms with Crippen LogP contribution in [0.25, 0.3) is 0 Å². The molecule has 240 valence electrons. The molecule has 0 aliphatic rings. The van der Waals surface area contributed by atoms with Crippen molar-refractivity contribution in [2.75, 3.05) is 41.0 Å². The van der Waals surface area contributed by atoms with Crippen molar-refractivity contribution >= 4 is 17.9 Å². The monoisotopic (exact) mass is 592 g/mol. The Hall–Kier alpha value is -2.71. The van der Waals surface area contributed by atoms with Gasteiger partial charge >= 0.3 is 17.9 Å². The molecule has 0 aliphatic heterocycles. The third-order valence-corrected chi connectivity index (χ3v) is 6.49. The highest BCUT2D eigenvalue weighted by Gasteiger charge is 2.31. The minimum atomic E-state index is -0.889. The van der Waals surface area contributed by atoms with Crippen LogP contribution >= 0.6 is 0 Å². The van der Waals surface area contributed by atoms with Crippen LogP contribution in [0.2, 0.25) is 0 Å². The summed E-state index contributed by atoms with van der Waals surface area (Å²) in [6.45, 7) is 4.36.